The molecule has 0 radical (unpaired) electrons. The standard InChI is InChI=1S/C10H18N4/c1-5-8-7(4)12-9(6(2)3)13-10(8)14-11/h6H,5,11H2,1-4H3,(H,12,13,14). The van der Waals surface area contributed by atoms with E-state index >= 15 is 0 Å². The average Bonchev–Trinajstić information content (AvgIpc) is 2.16. The van der Waals surface area contributed by atoms with Crippen molar-refractivity contribution in [2.24, 2.45) is 5.84 Å². The number of nitrogen functional groups attached to an aromatic ring is 1. The number of hydrazine groups is 1. The van der Waals surface area contributed by atoms with Crippen molar-refractivity contribution in [1.29, 1.82) is 0 Å². The normalized spacial score (nSPS) is 10.7. The van der Waals surface area contributed by atoms with E-state index in [0.29, 0.717) is 5.92 Å². The van der Waals surface area contributed by atoms with Gasteiger partial charge in [-0.15, -0.1) is 0 Å². The molecule has 1 aromatic rings. The van der Waals surface area contributed by atoms with E-state index in [2.05, 4.69) is 36.2 Å². The fourth-order valence-electron chi connectivity index (χ4n) is 1.42. The molecule has 0 unspecified atom stereocenters. The lowest BCUT2D eigenvalue weighted by molar-refractivity contribution is 0.759. The summed E-state index contributed by atoms with van der Waals surface area (Å²) < 4.78 is 0. The number of rotatable bonds is 3. The van der Waals surface area contributed by atoms with Gasteiger partial charge in [0.1, 0.15) is 11.6 Å². The first-order chi connectivity index (χ1) is 6.60. The quantitative estimate of drug-likeness (QED) is 0.568. The van der Waals surface area contributed by atoms with Crippen LogP contribution in [-0.2, 0) is 6.42 Å². The zero-order chi connectivity index (χ0) is 10.7. The van der Waals surface area contributed by atoms with Crippen molar-refractivity contribution in [3.8, 4) is 0 Å². The summed E-state index contributed by atoms with van der Waals surface area (Å²) in [5, 5.41) is 0. The van der Waals surface area contributed by atoms with Gasteiger partial charge in [0.2, 0.25) is 0 Å². The number of anilines is 1. The van der Waals surface area contributed by atoms with Crippen LogP contribution < -0.4 is 11.3 Å². The third-order valence-electron chi connectivity index (χ3n) is 2.24. The average molecular weight is 194 g/mol. The molecule has 0 amide bonds. The van der Waals surface area contributed by atoms with Crippen molar-refractivity contribution in [3.05, 3.63) is 17.1 Å². The van der Waals surface area contributed by atoms with Crippen LogP contribution in [0.15, 0.2) is 0 Å². The summed E-state index contributed by atoms with van der Waals surface area (Å²) in [4.78, 5) is 8.82. The molecule has 0 saturated carbocycles. The van der Waals surface area contributed by atoms with E-state index in [1.165, 1.54) is 0 Å². The van der Waals surface area contributed by atoms with Gasteiger partial charge in [0.15, 0.2) is 0 Å². The molecular weight excluding hydrogens is 176 g/mol. The second-order valence-electron chi connectivity index (χ2n) is 3.65. The van der Waals surface area contributed by atoms with E-state index in [4.69, 9.17) is 5.84 Å². The van der Waals surface area contributed by atoms with Gasteiger partial charge in [-0.1, -0.05) is 20.8 Å². The Labute approximate surface area is 84.9 Å². The minimum absolute atomic E-state index is 0.326. The van der Waals surface area contributed by atoms with Crippen LogP contribution >= 0.6 is 0 Å². The van der Waals surface area contributed by atoms with Gasteiger partial charge in [0.25, 0.3) is 0 Å². The second kappa shape index (κ2) is 4.37. The van der Waals surface area contributed by atoms with Crippen LogP contribution in [0.25, 0.3) is 0 Å². The molecule has 4 nitrogen and oxygen atoms in total. The monoisotopic (exact) mass is 194 g/mol. The van der Waals surface area contributed by atoms with Gasteiger partial charge in [0, 0.05) is 17.2 Å². The second-order valence-corrected chi connectivity index (χ2v) is 3.65. The van der Waals surface area contributed by atoms with Crippen LogP contribution in [0, 0.1) is 6.92 Å². The number of aryl methyl sites for hydroxylation is 1. The first-order valence-electron chi connectivity index (χ1n) is 4.94. The minimum atomic E-state index is 0.326. The van der Waals surface area contributed by atoms with Crippen LogP contribution in [0.4, 0.5) is 5.82 Å². The lowest BCUT2D eigenvalue weighted by atomic mass is 10.1. The molecule has 0 fully saturated rings. The SMILES string of the molecule is CCc1c(C)nc(C(C)C)nc1NN. The first kappa shape index (κ1) is 10.9. The van der Waals surface area contributed by atoms with E-state index in [-0.39, 0.29) is 0 Å². The Balaban J connectivity index is 3.24. The molecule has 0 aliphatic carbocycles. The van der Waals surface area contributed by atoms with Crippen LogP contribution in [0.5, 0.6) is 0 Å². The molecule has 1 heterocycles. The molecule has 0 spiro atoms. The summed E-state index contributed by atoms with van der Waals surface area (Å²) >= 11 is 0. The zero-order valence-electron chi connectivity index (χ0n) is 9.26. The van der Waals surface area contributed by atoms with Gasteiger partial charge in [-0.25, -0.2) is 15.8 Å². The molecule has 78 valence electrons. The van der Waals surface area contributed by atoms with E-state index in [1.54, 1.807) is 0 Å². The highest BCUT2D eigenvalue weighted by Gasteiger charge is 2.10. The van der Waals surface area contributed by atoms with Gasteiger partial charge < -0.3 is 5.43 Å². The Kier molecular flexibility index (Phi) is 3.41. The van der Waals surface area contributed by atoms with Gasteiger partial charge in [0.05, 0.1) is 0 Å². The van der Waals surface area contributed by atoms with Crippen molar-refractivity contribution >= 4 is 5.82 Å². The lowest BCUT2D eigenvalue weighted by Gasteiger charge is -2.12. The number of hydrogen-bond acceptors (Lipinski definition) is 4. The smallest absolute Gasteiger partial charge is 0.147 e. The Morgan fingerprint density at radius 2 is 2.00 bits per heavy atom. The van der Waals surface area contributed by atoms with Crippen LogP contribution in [0.2, 0.25) is 0 Å². The summed E-state index contributed by atoms with van der Waals surface area (Å²) in [6, 6.07) is 0. The minimum Gasteiger partial charge on any atom is -0.308 e. The lowest BCUT2D eigenvalue weighted by Crippen LogP contribution is -2.15. The van der Waals surface area contributed by atoms with E-state index in [9.17, 15) is 0 Å². The van der Waals surface area contributed by atoms with Crippen LogP contribution in [0.3, 0.4) is 0 Å². The summed E-state index contributed by atoms with van der Waals surface area (Å²) in [6.07, 6.45) is 0.893. The molecule has 14 heavy (non-hydrogen) atoms. The van der Waals surface area contributed by atoms with Gasteiger partial charge >= 0.3 is 0 Å². The maximum absolute atomic E-state index is 5.42. The fourth-order valence-corrected chi connectivity index (χ4v) is 1.42. The fraction of sp³-hybridized carbons (Fsp3) is 0.600. The Hall–Kier alpha value is -1.16. The van der Waals surface area contributed by atoms with Gasteiger partial charge in [-0.3, -0.25) is 0 Å². The predicted octanol–water partition coefficient (Wildman–Crippen LogP) is 1.76. The number of aromatic nitrogens is 2. The highest BCUT2D eigenvalue weighted by molar-refractivity contribution is 5.45. The number of nitrogens with two attached hydrogens (primary N) is 1. The molecule has 1 rings (SSSR count). The van der Waals surface area contributed by atoms with E-state index in [1.807, 2.05) is 6.92 Å². The third kappa shape index (κ3) is 2.01. The predicted molar refractivity (Wildman–Crippen MR) is 58.0 cm³/mol. The number of hydrogen-bond donors (Lipinski definition) is 2. The molecule has 0 aliphatic heterocycles. The van der Waals surface area contributed by atoms with Crippen molar-refractivity contribution < 1.29 is 0 Å². The van der Waals surface area contributed by atoms with Crippen LogP contribution in [-0.4, -0.2) is 9.97 Å². The van der Waals surface area contributed by atoms with E-state index < -0.39 is 0 Å². The van der Waals surface area contributed by atoms with Crippen molar-refractivity contribution in [2.45, 2.75) is 40.0 Å². The summed E-state index contributed by atoms with van der Waals surface area (Å²) in [6.45, 7) is 8.20. The summed E-state index contributed by atoms with van der Waals surface area (Å²) in [7, 11) is 0. The number of nitrogens with one attached hydrogen (secondary N) is 1. The Morgan fingerprint density at radius 3 is 2.43 bits per heavy atom. The largest absolute Gasteiger partial charge is 0.308 e. The van der Waals surface area contributed by atoms with Crippen LogP contribution in [0.1, 0.15) is 43.8 Å². The zero-order valence-corrected chi connectivity index (χ0v) is 9.26. The highest BCUT2D eigenvalue weighted by atomic mass is 15.3. The van der Waals surface area contributed by atoms with Crippen molar-refractivity contribution in [1.82, 2.24) is 9.97 Å². The molecule has 4 heteroatoms. The van der Waals surface area contributed by atoms with Crippen molar-refractivity contribution in [2.75, 3.05) is 5.43 Å². The highest BCUT2D eigenvalue weighted by Crippen LogP contribution is 2.19. The molecule has 0 saturated heterocycles. The third-order valence-corrected chi connectivity index (χ3v) is 2.24. The molecule has 1 aromatic heterocycles. The van der Waals surface area contributed by atoms with Crippen molar-refractivity contribution in [3.63, 3.8) is 0 Å². The van der Waals surface area contributed by atoms with Gasteiger partial charge in [-0.05, 0) is 13.3 Å². The molecule has 3 N–H and O–H groups in total. The molecule has 0 atom stereocenters. The Morgan fingerprint density at radius 1 is 1.36 bits per heavy atom. The topological polar surface area (TPSA) is 63.8 Å². The summed E-state index contributed by atoms with van der Waals surface area (Å²) in [5.74, 6) is 7.34. The molecule has 0 aromatic carbocycles. The first-order valence-corrected chi connectivity index (χ1v) is 4.94. The van der Waals surface area contributed by atoms with E-state index in [0.717, 1.165) is 29.3 Å². The maximum atomic E-state index is 5.42. The maximum Gasteiger partial charge on any atom is 0.147 e. The Bertz CT molecular complexity index is 320. The van der Waals surface area contributed by atoms with Gasteiger partial charge in [-0.2, -0.15) is 0 Å². The number of nitrogens with zero attached hydrogens (tertiary/aromatic N) is 2. The summed E-state index contributed by atoms with van der Waals surface area (Å²) in [5.41, 5.74) is 4.74. The molecular formula is C10H18N4. The molecule has 0 bridgehead atoms. The molecule has 0 aliphatic rings.